The second-order valence-electron chi connectivity index (χ2n) is 7.06. The van der Waals surface area contributed by atoms with Crippen molar-refractivity contribution >= 4 is 17.7 Å². The quantitative estimate of drug-likeness (QED) is 0.650. The number of anilines is 1. The number of piperidine rings is 1. The number of urea groups is 1. The van der Waals surface area contributed by atoms with Gasteiger partial charge in [-0.25, -0.2) is 14.6 Å². The number of likely N-dealkylation sites (tertiary alicyclic amines) is 1. The van der Waals surface area contributed by atoms with Gasteiger partial charge in [0.25, 0.3) is 0 Å². The van der Waals surface area contributed by atoms with Crippen molar-refractivity contribution in [2.24, 2.45) is 5.73 Å². The minimum Gasteiger partial charge on any atom is -0.475 e. The number of nitrogens with two attached hydrogens (primary N) is 1. The number of benzene rings is 1. The first-order valence-corrected chi connectivity index (χ1v) is 9.84. The van der Waals surface area contributed by atoms with Gasteiger partial charge in [-0.1, -0.05) is 18.2 Å². The van der Waals surface area contributed by atoms with Crippen LogP contribution in [0, 0.1) is 6.92 Å². The first kappa shape index (κ1) is 24.9. The van der Waals surface area contributed by atoms with E-state index in [1.165, 1.54) is 0 Å². The summed E-state index contributed by atoms with van der Waals surface area (Å²) in [7, 11) is 0. The van der Waals surface area contributed by atoms with E-state index >= 15 is 0 Å². The Morgan fingerprint density at radius 3 is 2.34 bits per heavy atom. The lowest BCUT2D eigenvalue weighted by Crippen LogP contribution is -2.43. The summed E-state index contributed by atoms with van der Waals surface area (Å²) in [5, 5.41) is 10.0. The van der Waals surface area contributed by atoms with E-state index in [4.69, 9.17) is 20.4 Å². The summed E-state index contributed by atoms with van der Waals surface area (Å²) >= 11 is 0. The van der Waals surface area contributed by atoms with E-state index in [0.29, 0.717) is 25.5 Å². The lowest BCUT2D eigenvalue weighted by molar-refractivity contribution is -0.192. The number of para-hydroxylation sites is 1. The van der Waals surface area contributed by atoms with Crippen LogP contribution < -0.4 is 15.8 Å². The van der Waals surface area contributed by atoms with Crippen LogP contribution in [0.2, 0.25) is 0 Å². The molecular weight excluding hydrogens is 429 g/mol. The number of hydrogen-bond donors (Lipinski definition) is 3. The molecule has 2 aromatic rings. The predicted molar refractivity (Wildman–Crippen MR) is 111 cm³/mol. The molecular formula is C21H25F3N4O4. The summed E-state index contributed by atoms with van der Waals surface area (Å²) in [6, 6.07) is 13.3. The van der Waals surface area contributed by atoms with Gasteiger partial charge in [-0.2, -0.15) is 13.2 Å². The maximum absolute atomic E-state index is 12.3. The second kappa shape index (κ2) is 11.3. The smallest absolute Gasteiger partial charge is 0.475 e. The number of rotatable bonds is 4. The number of nitrogens with zero attached hydrogens (tertiary/aromatic N) is 2. The third-order valence-corrected chi connectivity index (χ3v) is 4.51. The number of carboxylic acid groups (broad SMARTS) is 1. The number of alkyl halides is 3. The van der Waals surface area contributed by atoms with Crippen LogP contribution >= 0.6 is 0 Å². The zero-order valence-electron chi connectivity index (χ0n) is 17.4. The third kappa shape index (κ3) is 8.06. The molecule has 1 aromatic carbocycles. The number of carboxylic acids is 1. The fourth-order valence-electron chi connectivity index (χ4n) is 2.96. The average Bonchev–Trinajstić information content (AvgIpc) is 2.74. The number of ether oxygens (including phenoxy) is 1. The van der Waals surface area contributed by atoms with Gasteiger partial charge >= 0.3 is 18.2 Å². The highest BCUT2D eigenvalue weighted by atomic mass is 19.4. The van der Waals surface area contributed by atoms with Crippen molar-refractivity contribution in [1.82, 2.24) is 9.88 Å². The van der Waals surface area contributed by atoms with Gasteiger partial charge in [-0.05, 0) is 30.7 Å². The van der Waals surface area contributed by atoms with Crippen molar-refractivity contribution in [2.45, 2.75) is 38.6 Å². The SMILES string of the molecule is Cc1cc(CN)cc(OC2CCN(C(=O)Nc3ccccc3)CC2)n1.O=C(O)C(F)(F)F. The molecule has 1 aliphatic rings. The van der Waals surface area contributed by atoms with E-state index in [0.717, 1.165) is 29.8 Å². The fraction of sp³-hybridized carbons (Fsp3) is 0.381. The highest BCUT2D eigenvalue weighted by Crippen LogP contribution is 2.20. The highest BCUT2D eigenvalue weighted by molar-refractivity contribution is 5.89. The molecule has 8 nitrogen and oxygen atoms in total. The molecule has 174 valence electrons. The van der Waals surface area contributed by atoms with Crippen molar-refractivity contribution in [3.05, 3.63) is 53.7 Å². The normalized spacial score (nSPS) is 14.2. The standard InChI is InChI=1S/C19H24N4O2.C2HF3O2/c1-14-11-15(13-20)12-18(21-14)25-17-7-9-23(10-8-17)19(24)22-16-5-3-2-4-6-16;3-2(4,5)1(6)7/h2-6,11-12,17H,7-10,13,20H2,1H3,(H,22,24);(H,6,7). The van der Waals surface area contributed by atoms with Crippen LogP contribution in [0.4, 0.5) is 23.7 Å². The summed E-state index contributed by atoms with van der Waals surface area (Å²) in [6.45, 7) is 3.73. The van der Waals surface area contributed by atoms with Crippen LogP contribution in [-0.4, -0.2) is 52.4 Å². The van der Waals surface area contributed by atoms with Gasteiger partial charge in [0.05, 0.1) is 0 Å². The van der Waals surface area contributed by atoms with Gasteiger partial charge in [-0.3, -0.25) is 0 Å². The van der Waals surface area contributed by atoms with E-state index in [-0.39, 0.29) is 12.1 Å². The summed E-state index contributed by atoms with van der Waals surface area (Å²) in [5.41, 5.74) is 8.43. The van der Waals surface area contributed by atoms with Crippen molar-refractivity contribution in [1.29, 1.82) is 0 Å². The number of carbonyl (C=O) groups is 2. The molecule has 4 N–H and O–H groups in total. The van der Waals surface area contributed by atoms with E-state index < -0.39 is 12.1 Å². The van der Waals surface area contributed by atoms with E-state index in [9.17, 15) is 18.0 Å². The molecule has 0 aliphatic carbocycles. The number of halogens is 3. The van der Waals surface area contributed by atoms with Crippen LogP contribution in [0.5, 0.6) is 5.88 Å². The molecule has 11 heteroatoms. The number of hydrogen-bond acceptors (Lipinski definition) is 5. The number of aromatic nitrogens is 1. The molecule has 1 saturated heterocycles. The maximum Gasteiger partial charge on any atom is 0.490 e. The molecule has 0 radical (unpaired) electrons. The zero-order chi connectivity index (χ0) is 23.7. The summed E-state index contributed by atoms with van der Waals surface area (Å²) < 4.78 is 37.7. The predicted octanol–water partition coefficient (Wildman–Crippen LogP) is 3.56. The fourth-order valence-corrected chi connectivity index (χ4v) is 2.96. The molecule has 0 unspecified atom stereocenters. The van der Waals surface area contributed by atoms with Gasteiger partial charge in [0, 0.05) is 49.9 Å². The number of carbonyl (C=O) groups excluding carboxylic acids is 1. The number of nitrogens with one attached hydrogen (secondary N) is 1. The Kier molecular flexibility index (Phi) is 8.82. The van der Waals surface area contributed by atoms with Crippen molar-refractivity contribution in [3.8, 4) is 5.88 Å². The van der Waals surface area contributed by atoms with Gasteiger partial charge in [0.2, 0.25) is 5.88 Å². The third-order valence-electron chi connectivity index (χ3n) is 4.51. The summed E-state index contributed by atoms with van der Waals surface area (Å²) in [6.07, 6.45) is -3.44. The lowest BCUT2D eigenvalue weighted by atomic mass is 10.1. The van der Waals surface area contributed by atoms with Crippen LogP contribution in [0.15, 0.2) is 42.5 Å². The Morgan fingerprint density at radius 1 is 1.22 bits per heavy atom. The van der Waals surface area contributed by atoms with Crippen molar-refractivity contribution in [2.75, 3.05) is 18.4 Å². The molecule has 32 heavy (non-hydrogen) atoms. The van der Waals surface area contributed by atoms with E-state index in [1.807, 2.05) is 54.3 Å². The van der Waals surface area contributed by atoms with Crippen LogP contribution in [0.25, 0.3) is 0 Å². The number of pyridine rings is 1. The Hall–Kier alpha value is -3.34. The van der Waals surface area contributed by atoms with Gasteiger partial charge in [-0.15, -0.1) is 0 Å². The molecule has 3 rings (SSSR count). The van der Waals surface area contributed by atoms with Gasteiger partial charge < -0.3 is 25.8 Å². The largest absolute Gasteiger partial charge is 0.490 e. The van der Waals surface area contributed by atoms with Crippen molar-refractivity contribution in [3.63, 3.8) is 0 Å². The second-order valence-corrected chi connectivity index (χ2v) is 7.06. The molecule has 0 bridgehead atoms. The lowest BCUT2D eigenvalue weighted by Gasteiger charge is -2.32. The molecule has 2 heterocycles. The Morgan fingerprint density at radius 2 is 1.81 bits per heavy atom. The molecule has 1 aliphatic heterocycles. The first-order valence-electron chi connectivity index (χ1n) is 9.84. The summed E-state index contributed by atoms with van der Waals surface area (Å²) in [5.74, 6) is -2.14. The molecule has 0 atom stereocenters. The van der Waals surface area contributed by atoms with Gasteiger partial charge in [0.1, 0.15) is 6.10 Å². The monoisotopic (exact) mass is 454 g/mol. The topological polar surface area (TPSA) is 118 Å². The Balaban J connectivity index is 0.000000451. The highest BCUT2D eigenvalue weighted by Gasteiger charge is 2.38. The molecule has 1 aromatic heterocycles. The average molecular weight is 454 g/mol. The van der Waals surface area contributed by atoms with Crippen LogP contribution in [0.1, 0.15) is 24.1 Å². The van der Waals surface area contributed by atoms with Crippen LogP contribution in [0.3, 0.4) is 0 Å². The number of amides is 2. The minimum absolute atomic E-state index is 0.0660. The minimum atomic E-state index is -5.08. The van der Waals surface area contributed by atoms with Crippen molar-refractivity contribution < 1.29 is 32.6 Å². The Bertz CT molecular complexity index is 902. The summed E-state index contributed by atoms with van der Waals surface area (Å²) in [4.78, 5) is 27.4. The molecule has 1 fully saturated rings. The van der Waals surface area contributed by atoms with E-state index in [1.54, 1.807) is 0 Å². The number of aryl methyl sites for hydroxylation is 1. The zero-order valence-corrected chi connectivity index (χ0v) is 17.4. The first-order chi connectivity index (χ1) is 15.1. The molecule has 0 saturated carbocycles. The van der Waals surface area contributed by atoms with Gasteiger partial charge in [0.15, 0.2) is 0 Å². The van der Waals surface area contributed by atoms with E-state index in [2.05, 4.69) is 10.3 Å². The molecule has 2 amide bonds. The molecule has 0 spiro atoms. The maximum atomic E-state index is 12.3. The Labute approximate surface area is 183 Å². The number of aliphatic carboxylic acids is 1. The van der Waals surface area contributed by atoms with Crippen LogP contribution in [-0.2, 0) is 11.3 Å².